The molecule has 3 aromatic rings. The molecule has 6 nitrogen and oxygen atoms in total. The van der Waals surface area contributed by atoms with Gasteiger partial charge in [0.15, 0.2) is 6.10 Å². The summed E-state index contributed by atoms with van der Waals surface area (Å²) in [5.74, 6) is 0.442. The molecule has 0 aromatic heterocycles. The molecule has 0 amide bonds. The minimum Gasteiger partial charge on any atom is -0.425 e. The summed E-state index contributed by atoms with van der Waals surface area (Å²) >= 11 is 0. The van der Waals surface area contributed by atoms with E-state index in [0.717, 1.165) is 36.0 Å². The number of hydrogen-bond donors (Lipinski definition) is 0. The Morgan fingerprint density at radius 3 is 2.07 bits per heavy atom. The first kappa shape index (κ1) is 30.0. The summed E-state index contributed by atoms with van der Waals surface area (Å²) in [6, 6.07) is 24.3. The van der Waals surface area contributed by atoms with E-state index in [-0.39, 0.29) is 0 Å². The Morgan fingerprint density at radius 1 is 0.854 bits per heavy atom. The molecule has 0 unspecified atom stereocenters. The summed E-state index contributed by atoms with van der Waals surface area (Å²) in [6.45, 7) is 6.37. The van der Waals surface area contributed by atoms with Crippen LogP contribution in [0.1, 0.15) is 81.6 Å². The lowest BCUT2D eigenvalue weighted by atomic mass is 9.93. The highest BCUT2D eigenvalue weighted by molar-refractivity contribution is 5.91. The molecule has 0 bridgehead atoms. The maximum atomic E-state index is 12.8. The van der Waals surface area contributed by atoms with Crippen molar-refractivity contribution in [3.8, 4) is 28.7 Å². The maximum Gasteiger partial charge on any atom is 0.343 e. The van der Waals surface area contributed by atoms with Gasteiger partial charge in [-0.05, 0) is 85.2 Å². The van der Waals surface area contributed by atoms with Gasteiger partial charge in [-0.25, -0.2) is 9.59 Å². The fourth-order valence-corrected chi connectivity index (χ4v) is 5.11. The van der Waals surface area contributed by atoms with Crippen molar-refractivity contribution in [1.82, 2.24) is 0 Å². The number of rotatable bonds is 14. The van der Waals surface area contributed by atoms with Crippen molar-refractivity contribution in [1.29, 1.82) is 5.26 Å². The lowest BCUT2D eigenvalue weighted by molar-refractivity contribution is -0.146. The molecule has 3 atom stereocenters. The van der Waals surface area contributed by atoms with Gasteiger partial charge >= 0.3 is 11.9 Å². The normalized spacial score (nSPS) is 18.2. The average molecular weight is 554 g/mol. The van der Waals surface area contributed by atoms with E-state index >= 15 is 0 Å². The first-order chi connectivity index (χ1) is 19.9. The fourth-order valence-electron chi connectivity index (χ4n) is 5.11. The van der Waals surface area contributed by atoms with Gasteiger partial charge in [0, 0.05) is 6.61 Å². The molecule has 1 aliphatic carbocycles. The molecule has 0 radical (unpaired) electrons. The molecule has 0 aliphatic heterocycles. The largest absolute Gasteiger partial charge is 0.425 e. The van der Waals surface area contributed by atoms with Crippen LogP contribution in [-0.2, 0) is 14.9 Å². The SMILES string of the molecule is CCCCCC[C@H]1C[C@@]1(C#N)c1ccc(OC(=O)c2ccc(-c3ccc(OC(=O)[C@H](C)OCCC)cc3)cc2)cc1. The van der Waals surface area contributed by atoms with E-state index in [1.165, 1.54) is 25.7 Å². The van der Waals surface area contributed by atoms with Crippen LogP contribution >= 0.6 is 0 Å². The first-order valence-electron chi connectivity index (χ1n) is 14.7. The van der Waals surface area contributed by atoms with Gasteiger partial charge in [0.25, 0.3) is 0 Å². The third-order valence-corrected chi connectivity index (χ3v) is 7.72. The summed E-state index contributed by atoms with van der Waals surface area (Å²) in [6.07, 6.45) is 7.06. The summed E-state index contributed by atoms with van der Waals surface area (Å²) < 4.78 is 16.4. The topological polar surface area (TPSA) is 85.6 Å². The number of benzene rings is 3. The molecular weight excluding hydrogens is 514 g/mol. The van der Waals surface area contributed by atoms with Gasteiger partial charge < -0.3 is 14.2 Å². The molecule has 0 spiro atoms. The van der Waals surface area contributed by atoms with Crippen LogP contribution in [0.25, 0.3) is 11.1 Å². The summed E-state index contributed by atoms with van der Waals surface area (Å²) in [5.41, 5.74) is 2.88. The highest BCUT2D eigenvalue weighted by Gasteiger charge is 2.55. The molecule has 0 heterocycles. The number of hydrogen-bond acceptors (Lipinski definition) is 6. The zero-order valence-electron chi connectivity index (χ0n) is 24.2. The summed E-state index contributed by atoms with van der Waals surface area (Å²) in [5, 5.41) is 9.89. The van der Waals surface area contributed by atoms with E-state index in [4.69, 9.17) is 14.2 Å². The Morgan fingerprint density at radius 2 is 1.46 bits per heavy atom. The second-order valence-electron chi connectivity index (χ2n) is 10.8. The zero-order chi connectivity index (χ0) is 29.2. The van der Waals surface area contributed by atoms with Gasteiger partial charge in [0.1, 0.15) is 11.5 Å². The van der Waals surface area contributed by atoms with Crippen LogP contribution in [0.15, 0.2) is 72.8 Å². The fraction of sp³-hybridized carbons (Fsp3) is 0.400. The van der Waals surface area contributed by atoms with E-state index in [2.05, 4.69) is 13.0 Å². The van der Waals surface area contributed by atoms with Crippen LogP contribution in [0.2, 0.25) is 0 Å². The molecule has 1 fully saturated rings. The molecule has 41 heavy (non-hydrogen) atoms. The maximum absolute atomic E-state index is 12.8. The van der Waals surface area contributed by atoms with Crippen molar-refractivity contribution in [2.45, 2.75) is 77.2 Å². The highest BCUT2D eigenvalue weighted by atomic mass is 16.6. The lowest BCUT2D eigenvalue weighted by Crippen LogP contribution is -2.26. The molecule has 6 heteroatoms. The molecule has 1 saturated carbocycles. The monoisotopic (exact) mass is 553 g/mol. The minimum atomic E-state index is -0.621. The Labute approximate surface area is 243 Å². The average Bonchev–Trinajstić information content (AvgIpc) is 3.73. The Kier molecular flexibility index (Phi) is 10.3. The van der Waals surface area contributed by atoms with Gasteiger partial charge in [0.2, 0.25) is 0 Å². The molecule has 1 aliphatic rings. The zero-order valence-corrected chi connectivity index (χ0v) is 24.2. The molecule has 3 aromatic carbocycles. The van der Waals surface area contributed by atoms with Gasteiger partial charge in [-0.1, -0.05) is 75.9 Å². The van der Waals surface area contributed by atoms with Crippen LogP contribution in [0.4, 0.5) is 0 Å². The second-order valence-corrected chi connectivity index (χ2v) is 10.8. The number of carbonyl (C=O) groups excluding carboxylic acids is 2. The Balaban J connectivity index is 1.31. The van der Waals surface area contributed by atoms with Gasteiger partial charge in [-0.15, -0.1) is 0 Å². The van der Waals surface area contributed by atoms with E-state index < -0.39 is 23.5 Å². The molecule has 0 N–H and O–H groups in total. The van der Waals surface area contributed by atoms with Crippen molar-refractivity contribution in [3.63, 3.8) is 0 Å². The molecule has 0 saturated heterocycles. The predicted molar refractivity (Wildman–Crippen MR) is 159 cm³/mol. The second kappa shape index (κ2) is 14.1. The smallest absolute Gasteiger partial charge is 0.343 e. The number of esters is 2. The summed E-state index contributed by atoms with van der Waals surface area (Å²) in [4.78, 5) is 24.9. The number of nitrogens with zero attached hydrogens (tertiary/aromatic N) is 1. The van der Waals surface area contributed by atoms with E-state index in [1.807, 2.05) is 43.3 Å². The summed E-state index contributed by atoms with van der Waals surface area (Å²) in [7, 11) is 0. The van der Waals surface area contributed by atoms with E-state index in [0.29, 0.717) is 29.6 Å². The van der Waals surface area contributed by atoms with Crippen LogP contribution < -0.4 is 9.47 Å². The first-order valence-corrected chi connectivity index (χ1v) is 14.7. The Hall–Kier alpha value is -3.95. The van der Waals surface area contributed by atoms with Crippen molar-refractivity contribution >= 4 is 11.9 Å². The molecule has 214 valence electrons. The third-order valence-electron chi connectivity index (χ3n) is 7.72. The third kappa shape index (κ3) is 7.62. The highest BCUT2D eigenvalue weighted by Crippen LogP contribution is 2.56. The van der Waals surface area contributed by atoms with Gasteiger partial charge in [-0.2, -0.15) is 5.26 Å². The van der Waals surface area contributed by atoms with Crippen molar-refractivity contribution in [3.05, 3.63) is 83.9 Å². The number of unbranched alkanes of at least 4 members (excludes halogenated alkanes) is 3. The van der Waals surface area contributed by atoms with Crippen LogP contribution in [-0.4, -0.2) is 24.6 Å². The standard InChI is InChI=1S/C35H39NO5/c1-4-6-7-8-9-30-23-35(30,24-36)29-16-20-32(21-17-29)41-34(38)28-12-10-26(11-13-28)27-14-18-31(19-15-27)40-33(37)25(3)39-22-5-2/h10-21,25,30H,4-9,22-23H2,1-3H3/t25-,30-,35+/m0/s1. The van der Waals surface area contributed by atoms with E-state index in [1.54, 1.807) is 43.3 Å². The molecular formula is C35H39NO5. The number of ether oxygens (including phenoxy) is 3. The van der Waals surface area contributed by atoms with Crippen molar-refractivity contribution < 1.29 is 23.8 Å². The van der Waals surface area contributed by atoms with E-state index in [9.17, 15) is 14.9 Å². The van der Waals surface area contributed by atoms with Gasteiger partial charge in [-0.3, -0.25) is 0 Å². The number of nitriles is 1. The van der Waals surface area contributed by atoms with Crippen molar-refractivity contribution in [2.24, 2.45) is 5.92 Å². The Bertz CT molecular complexity index is 1340. The van der Waals surface area contributed by atoms with Crippen molar-refractivity contribution in [2.75, 3.05) is 6.61 Å². The lowest BCUT2D eigenvalue weighted by Gasteiger charge is -2.12. The molecule has 4 rings (SSSR count). The minimum absolute atomic E-state index is 0.397. The predicted octanol–water partition coefficient (Wildman–Crippen LogP) is 8.04. The van der Waals surface area contributed by atoms with Gasteiger partial charge in [0.05, 0.1) is 17.0 Å². The number of carbonyl (C=O) groups is 2. The van der Waals surface area contributed by atoms with Crippen LogP contribution in [0.3, 0.4) is 0 Å². The van der Waals surface area contributed by atoms with Crippen LogP contribution in [0, 0.1) is 17.2 Å². The van der Waals surface area contributed by atoms with Crippen LogP contribution in [0.5, 0.6) is 11.5 Å². The quantitative estimate of drug-likeness (QED) is 0.114.